The Bertz CT molecular complexity index is 891. The minimum Gasteiger partial charge on any atom is -0.354 e. The van der Waals surface area contributed by atoms with Crippen molar-refractivity contribution in [3.63, 3.8) is 0 Å². The first-order chi connectivity index (χ1) is 14.8. The van der Waals surface area contributed by atoms with Crippen LogP contribution in [0.2, 0.25) is 5.02 Å². The number of carbonyl (C=O) groups excluding carboxylic acids is 2. The van der Waals surface area contributed by atoms with Crippen molar-refractivity contribution >= 4 is 40.9 Å². The van der Waals surface area contributed by atoms with E-state index in [-0.39, 0.29) is 23.3 Å². The summed E-state index contributed by atoms with van der Waals surface area (Å²) in [6.45, 7) is 4.55. The lowest BCUT2D eigenvalue weighted by atomic mass is 10.1. The monoisotopic (exact) mass is 463 g/mol. The van der Waals surface area contributed by atoms with Crippen molar-refractivity contribution in [3.8, 4) is 0 Å². The molecule has 2 aromatic carbocycles. The van der Waals surface area contributed by atoms with Crippen LogP contribution in [0.3, 0.4) is 0 Å². The molecule has 1 N–H and O–H groups in total. The number of amides is 2. The Hall–Kier alpha value is -2.58. The predicted molar refractivity (Wildman–Crippen MR) is 124 cm³/mol. The summed E-state index contributed by atoms with van der Waals surface area (Å²) >= 11 is 7.35. The number of nitro benzene ring substituents is 1. The van der Waals surface area contributed by atoms with Crippen LogP contribution in [0.4, 0.5) is 5.69 Å². The molecule has 0 bridgehead atoms. The largest absolute Gasteiger partial charge is 0.354 e. The smallest absolute Gasteiger partial charge is 0.269 e. The van der Waals surface area contributed by atoms with Crippen molar-refractivity contribution in [1.29, 1.82) is 0 Å². The molecule has 0 saturated heterocycles. The van der Waals surface area contributed by atoms with Crippen LogP contribution in [0.15, 0.2) is 48.5 Å². The van der Waals surface area contributed by atoms with E-state index in [1.165, 1.54) is 23.9 Å². The number of hydrogen-bond acceptors (Lipinski definition) is 5. The van der Waals surface area contributed by atoms with Crippen molar-refractivity contribution in [1.82, 2.24) is 10.2 Å². The molecule has 2 aromatic rings. The number of halogens is 1. The van der Waals surface area contributed by atoms with Gasteiger partial charge in [0.15, 0.2) is 0 Å². The van der Waals surface area contributed by atoms with E-state index in [2.05, 4.69) is 5.32 Å². The highest BCUT2D eigenvalue weighted by Gasteiger charge is 2.25. The number of nitrogens with zero attached hydrogens (tertiary/aromatic N) is 2. The second kappa shape index (κ2) is 12.3. The maximum Gasteiger partial charge on any atom is 0.269 e. The lowest BCUT2D eigenvalue weighted by Crippen LogP contribution is -2.48. The first-order valence-corrected chi connectivity index (χ1v) is 11.5. The van der Waals surface area contributed by atoms with Crippen molar-refractivity contribution < 1.29 is 14.5 Å². The molecule has 0 radical (unpaired) electrons. The van der Waals surface area contributed by atoms with Crippen molar-refractivity contribution in [2.45, 2.75) is 38.6 Å². The molecule has 2 amide bonds. The average molecular weight is 464 g/mol. The van der Waals surface area contributed by atoms with E-state index in [1.807, 2.05) is 19.1 Å². The molecule has 0 spiro atoms. The molecule has 0 aliphatic rings. The summed E-state index contributed by atoms with van der Waals surface area (Å²) in [4.78, 5) is 37.3. The summed E-state index contributed by atoms with van der Waals surface area (Å²) in [6, 6.07) is 12.8. The van der Waals surface area contributed by atoms with E-state index in [0.29, 0.717) is 23.9 Å². The van der Waals surface area contributed by atoms with Crippen molar-refractivity contribution in [2.75, 3.05) is 12.3 Å². The molecule has 0 saturated carbocycles. The van der Waals surface area contributed by atoms with Gasteiger partial charge in [0.2, 0.25) is 11.8 Å². The fraction of sp³-hybridized carbons (Fsp3) is 0.364. The third kappa shape index (κ3) is 7.88. The highest BCUT2D eigenvalue weighted by atomic mass is 35.5. The minimum absolute atomic E-state index is 0.0332. The molecule has 0 fully saturated rings. The molecule has 0 heterocycles. The second-order valence-corrected chi connectivity index (χ2v) is 8.45. The van der Waals surface area contributed by atoms with Gasteiger partial charge < -0.3 is 10.2 Å². The molecule has 166 valence electrons. The van der Waals surface area contributed by atoms with Crippen LogP contribution in [0.25, 0.3) is 0 Å². The number of hydrogen-bond donors (Lipinski definition) is 1. The maximum absolute atomic E-state index is 13.0. The number of nitrogens with one attached hydrogen (secondary N) is 1. The summed E-state index contributed by atoms with van der Waals surface area (Å²) in [6.07, 6.45) is 0.814. The zero-order chi connectivity index (χ0) is 22.8. The summed E-state index contributed by atoms with van der Waals surface area (Å²) in [5.41, 5.74) is 1.81. The predicted octanol–water partition coefficient (Wildman–Crippen LogP) is 4.42. The van der Waals surface area contributed by atoms with Gasteiger partial charge >= 0.3 is 0 Å². The highest BCUT2D eigenvalue weighted by molar-refractivity contribution is 7.99. The van der Waals surface area contributed by atoms with Crippen molar-refractivity contribution in [2.24, 2.45) is 0 Å². The standard InChI is InChI=1S/C22H26ClN3O4S/c1-3-12-24-22(28)16(2)25(13-17-4-8-19(23)9-5-17)21(27)15-31-14-18-6-10-20(11-7-18)26(29)30/h4-11,16H,3,12-15H2,1-2H3,(H,24,28)/t16-/m0/s1. The maximum atomic E-state index is 13.0. The van der Waals surface area contributed by atoms with Gasteiger partial charge in [-0.05, 0) is 36.6 Å². The van der Waals surface area contributed by atoms with E-state index in [4.69, 9.17) is 11.6 Å². The van der Waals surface area contributed by atoms with Crippen LogP contribution in [0.1, 0.15) is 31.4 Å². The van der Waals surface area contributed by atoms with Crippen LogP contribution in [0.5, 0.6) is 0 Å². The zero-order valence-corrected chi connectivity index (χ0v) is 19.1. The summed E-state index contributed by atoms with van der Waals surface area (Å²) in [5.74, 6) is 0.385. The van der Waals surface area contributed by atoms with E-state index < -0.39 is 11.0 Å². The van der Waals surface area contributed by atoms with E-state index in [1.54, 1.807) is 36.1 Å². The van der Waals surface area contributed by atoms with Crippen molar-refractivity contribution in [3.05, 3.63) is 74.8 Å². The normalized spacial score (nSPS) is 11.6. The first kappa shape index (κ1) is 24.7. The van der Waals surface area contributed by atoms with Crippen LogP contribution in [-0.4, -0.2) is 40.0 Å². The Labute approximate surface area is 191 Å². The molecule has 0 aliphatic carbocycles. The van der Waals surface area contributed by atoms with Gasteiger partial charge in [-0.2, -0.15) is 0 Å². The van der Waals surface area contributed by atoms with Gasteiger partial charge in [-0.3, -0.25) is 19.7 Å². The van der Waals surface area contributed by atoms with Gasteiger partial charge in [-0.25, -0.2) is 0 Å². The van der Waals surface area contributed by atoms with Crippen LogP contribution in [0, 0.1) is 10.1 Å². The molecule has 31 heavy (non-hydrogen) atoms. The first-order valence-electron chi connectivity index (χ1n) is 9.94. The lowest BCUT2D eigenvalue weighted by Gasteiger charge is -2.28. The van der Waals surface area contributed by atoms with E-state index >= 15 is 0 Å². The summed E-state index contributed by atoms with van der Waals surface area (Å²) < 4.78 is 0. The summed E-state index contributed by atoms with van der Waals surface area (Å²) in [5, 5.41) is 14.2. The third-order valence-corrected chi connectivity index (χ3v) is 5.86. The highest BCUT2D eigenvalue weighted by Crippen LogP contribution is 2.19. The molecule has 7 nitrogen and oxygen atoms in total. The Kier molecular flexibility index (Phi) is 9.81. The van der Waals surface area contributed by atoms with Gasteiger partial charge in [0, 0.05) is 36.0 Å². The SMILES string of the molecule is CCCNC(=O)[C@H](C)N(Cc1ccc(Cl)cc1)C(=O)CSCc1ccc([N+](=O)[O-])cc1. The third-order valence-electron chi connectivity index (χ3n) is 4.62. The number of carbonyl (C=O) groups is 2. The second-order valence-electron chi connectivity index (χ2n) is 7.03. The fourth-order valence-corrected chi connectivity index (χ4v) is 3.81. The van der Waals surface area contributed by atoms with Gasteiger partial charge in [-0.15, -0.1) is 11.8 Å². The van der Waals surface area contributed by atoms with Crippen LogP contribution in [-0.2, 0) is 21.9 Å². The van der Waals surface area contributed by atoms with Gasteiger partial charge in [0.1, 0.15) is 6.04 Å². The average Bonchev–Trinajstić information content (AvgIpc) is 2.76. The summed E-state index contributed by atoms with van der Waals surface area (Å²) in [7, 11) is 0. The van der Waals surface area contributed by atoms with Gasteiger partial charge in [0.05, 0.1) is 10.7 Å². The number of non-ortho nitro benzene ring substituents is 1. The Morgan fingerprint density at radius 3 is 2.32 bits per heavy atom. The Balaban J connectivity index is 2.02. The van der Waals surface area contributed by atoms with E-state index in [0.717, 1.165) is 17.5 Å². The number of nitro groups is 1. The van der Waals surface area contributed by atoms with Crippen LogP contribution >= 0.6 is 23.4 Å². The fourth-order valence-electron chi connectivity index (χ4n) is 2.82. The van der Waals surface area contributed by atoms with Gasteiger partial charge in [-0.1, -0.05) is 42.8 Å². The number of benzene rings is 2. The Morgan fingerprint density at radius 2 is 1.74 bits per heavy atom. The Morgan fingerprint density at radius 1 is 1.13 bits per heavy atom. The topological polar surface area (TPSA) is 92.6 Å². The minimum atomic E-state index is -0.616. The van der Waals surface area contributed by atoms with Gasteiger partial charge in [0.25, 0.3) is 5.69 Å². The quantitative estimate of drug-likeness (QED) is 0.393. The molecular formula is C22H26ClN3O4S. The number of rotatable bonds is 11. The molecule has 2 rings (SSSR count). The molecular weight excluding hydrogens is 438 g/mol. The zero-order valence-electron chi connectivity index (χ0n) is 17.5. The molecule has 0 aromatic heterocycles. The van der Waals surface area contributed by atoms with E-state index in [9.17, 15) is 19.7 Å². The molecule has 0 unspecified atom stereocenters. The molecule has 0 aliphatic heterocycles. The number of thioether (sulfide) groups is 1. The molecule has 9 heteroatoms. The lowest BCUT2D eigenvalue weighted by molar-refractivity contribution is -0.384. The molecule has 1 atom stereocenters. The van der Waals surface area contributed by atoms with Crippen LogP contribution < -0.4 is 5.32 Å².